The third-order valence-corrected chi connectivity index (χ3v) is 3.90. The maximum atomic E-state index is 2.41. The van der Waals surface area contributed by atoms with Gasteiger partial charge in [0.25, 0.3) is 0 Å². The summed E-state index contributed by atoms with van der Waals surface area (Å²) in [7, 11) is 0. The van der Waals surface area contributed by atoms with E-state index in [9.17, 15) is 0 Å². The lowest BCUT2D eigenvalue weighted by Gasteiger charge is -2.22. The van der Waals surface area contributed by atoms with E-state index >= 15 is 0 Å². The summed E-state index contributed by atoms with van der Waals surface area (Å²) in [6.07, 6.45) is 10.6. The molecule has 0 rings (SSSR count). The lowest BCUT2D eigenvalue weighted by molar-refractivity contribution is 0.515. The van der Waals surface area contributed by atoms with Crippen molar-refractivity contribution in [2.75, 3.05) is 0 Å². The standard InChI is InChI=1S/C19H34/c1-9-15(4)12-13-18(19(6,7)8)14-17(11-3)16(5)10-2/h12-15H,9-11H2,1-8H3/b13-12+,17-16-,18-14+. The minimum atomic E-state index is 0.207. The van der Waals surface area contributed by atoms with Gasteiger partial charge in [-0.1, -0.05) is 78.7 Å². The third-order valence-electron chi connectivity index (χ3n) is 3.90. The zero-order chi connectivity index (χ0) is 15.1. The zero-order valence-corrected chi connectivity index (χ0v) is 14.4. The average molecular weight is 262 g/mol. The largest absolute Gasteiger partial charge is 0.0814 e. The van der Waals surface area contributed by atoms with Crippen molar-refractivity contribution in [3.8, 4) is 0 Å². The molecule has 19 heavy (non-hydrogen) atoms. The predicted molar refractivity (Wildman–Crippen MR) is 89.4 cm³/mol. The molecular weight excluding hydrogens is 228 g/mol. The van der Waals surface area contributed by atoms with Crippen LogP contribution in [0.2, 0.25) is 0 Å². The quantitative estimate of drug-likeness (QED) is 0.467. The summed E-state index contributed by atoms with van der Waals surface area (Å²) in [6, 6.07) is 0. The fraction of sp³-hybridized carbons (Fsp3) is 0.684. The third kappa shape index (κ3) is 6.80. The van der Waals surface area contributed by atoms with E-state index in [1.807, 2.05) is 0 Å². The van der Waals surface area contributed by atoms with Gasteiger partial charge >= 0.3 is 0 Å². The first-order valence-corrected chi connectivity index (χ1v) is 7.85. The summed E-state index contributed by atoms with van der Waals surface area (Å²) >= 11 is 0. The molecule has 0 aliphatic rings. The van der Waals surface area contributed by atoms with Gasteiger partial charge in [0.2, 0.25) is 0 Å². The molecule has 0 amide bonds. The van der Waals surface area contributed by atoms with Crippen LogP contribution in [0.15, 0.2) is 34.9 Å². The van der Waals surface area contributed by atoms with Gasteiger partial charge in [-0.3, -0.25) is 0 Å². The second-order valence-corrected chi connectivity index (χ2v) is 6.61. The summed E-state index contributed by atoms with van der Waals surface area (Å²) in [5.74, 6) is 0.659. The van der Waals surface area contributed by atoms with Gasteiger partial charge in [-0.15, -0.1) is 0 Å². The highest BCUT2D eigenvalue weighted by molar-refractivity contribution is 5.36. The topological polar surface area (TPSA) is 0 Å². The van der Waals surface area contributed by atoms with Gasteiger partial charge < -0.3 is 0 Å². The molecule has 0 spiro atoms. The maximum Gasteiger partial charge on any atom is -0.0132 e. The first-order valence-electron chi connectivity index (χ1n) is 7.85. The second-order valence-electron chi connectivity index (χ2n) is 6.61. The van der Waals surface area contributed by atoms with Crippen molar-refractivity contribution in [1.82, 2.24) is 0 Å². The van der Waals surface area contributed by atoms with Gasteiger partial charge in [0.05, 0.1) is 0 Å². The number of hydrogen-bond donors (Lipinski definition) is 0. The van der Waals surface area contributed by atoms with Crippen LogP contribution in [0.5, 0.6) is 0 Å². The van der Waals surface area contributed by atoms with Crippen LogP contribution in [0.25, 0.3) is 0 Å². The van der Waals surface area contributed by atoms with Crippen molar-refractivity contribution in [1.29, 1.82) is 0 Å². The molecule has 0 heterocycles. The van der Waals surface area contributed by atoms with Crippen LogP contribution in [0, 0.1) is 11.3 Å². The van der Waals surface area contributed by atoms with E-state index in [4.69, 9.17) is 0 Å². The number of allylic oxidation sites excluding steroid dienone is 6. The van der Waals surface area contributed by atoms with Crippen molar-refractivity contribution >= 4 is 0 Å². The molecule has 0 aromatic carbocycles. The molecule has 0 N–H and O–H groups in total. The van der Waals surface area contributed by atoms with E-state index in [0.29, 0.717) is 5.92 Å². The van der Waals surface area contributed by atoms with Gasteiger partial charge in [0.15, 0.2) is 0 Å². The van der Waals surface area contributed by atoms with Crippen LogP contribution in [-0.2, 0) is 0 Å². The monoisotopic (exact) mass is 262 g/mol. The van der Waals surface area contributed by atoms with E-state index in [1.54, 1.807) is 0 Å². The molecule has 0 heteroatoms. The van der Waals surface area contributed by atoms with E-state index in [-0.39, 0.29) is 5.41 Å². The number of hydrogen-bond acceptors (Lipinski definition) is 0. The smallest absolute Gasteiger partial charge is 0.0132 e. The Morgan fingerprint density at radius 2 is 1.63 bits per heavy atom. The highest BCUT2D eigenvalue weighted by Crippen LogP contribution is 2.29. The van der Waals surface area contributed by atoms with Crippen molar-refractivity contribution in [3.63, 3.8) is 0 Å². The van der Waals surface area contributed by atoms with Crippen LogP contribution in [0.1, 0.15) is 74.7 Å². The molecule has 0 bridgehead atoms. The van der Waals surface area contributed by atoms with Crippen molar-refractivity contribution < 1.29 is 0 Å². The fourth-order valence-electron chi connectivity index (χ4n) is 1.86. The molecular formula is C19H34. The molecule has 110 valence electrons. The zero-order valence-electron chi connectivity index (χ0n) is 14.4. The Balaban J connectivity index is 5.44. The van der Waals surface area contributed by atoms with Gasteiger partial charge in [0.1, 0.15) is 0 Å². The van der Waals surface area contributed by atoms with Crippen molar-refractivity contribution in [2.45, 2.75) is 74.7 Å². The van der Waals surface area contributed by atoms with Gasteiger partial charge in [-0.2, -0.15) is 0 Å². The summed E-state index contributed by atoms with van der Waals surface area (Å²) in [5.41, 5.74) is 4.66. The highest BCUT2D eigenvalue weighted by Gasteiger charge is 2.15. The first kappa shape index (κ1) is 18.2. The Morgan fingerprint density at radius 1 is 1.05 bits per heavy atom. The molecule has 0 saturated heterocycles. The molecule has 0 fully saturated rings. The SMILES string of the molecule is CC\C(C)=C(/C=C(\C=C\C(C)CC)C(C)(C)C)CC. The molecule has 0 radical (unpaired) electrons. The Bertz CT molecular complexity index is 345. The molecule has 0 nitrogen and oxygen atoms in total. The minimum absolute atomic E-state index is 0.207. The minimum Gasteiger partial charge on any atom is -0.0814 e. The van der Waals surface area contributed by atoms with Crippen LogP contribution in [0.3, 0.4) is 0 Å². The molecule has 0 aliphatic heterocycles. The Hall–Kier alpha value is -0.780. The Morgan fingerprint density at radius 3 is 2.00 bits per heavy atom. The molecule has 0 saturated carbocycles. The predicted octanol–water partition coefficient (Wildman–Crippen LogP) is 6.70. The Kier molecular flexibility index (Phi) is 8.06. The lowest BCUT2D eigenvalue weighted by atomic mass is 9.83. The lowest BCUT2D eigenvalue weighted by Crippen LogP contribution is -2.08. The normalized spacial score (nSPS) is 16.7. The summed E-state index contributed by atoms with van der Waals surface area (Å²) < 4.78 is 0. The Labute approximate surface area is 121 Å². The summed E-state index contributed by atoms with van der Waals surface area (Å²) in [6.45, 7) is 18.2. The summed E-state index contributed by atoms with van der Waals surface area (Å²) in [4.78, 5) is 0. The molecule has 1 atom stereocenters. The van der Waals surface area contributed by atoms with E-state index in [0.717, 1.165) is 12.8 Å². The van der Waals surface area contributed by atoms with Crippen LogP contribution in [-0.4, -0.2) is 0 Å². The first-order chi connectivity index (χ1) is 8.76. The van der Waals surface area contributed by atoms with Gasteiger partial charge in [-0.05, 0) is 42.2 Å². The van der Waals surface area contributed by atoms with Crippen LogP contribution >= 0.6 is 0 Å². The van der Waals surface area contributed by atoms with E-state index < -0.39 is 0 Å². The fourth-order valence-corrected chi connectivity index (χ4v) is 1.86. The molecule has 1 unspecified atom stereocenters. The average Bonchev–Trinajstić information content (AvgIpc) is 2.36. The second kappa shape index (κ2) is 8.40. The van der Waals surface area contributed by atoms with Crippen molar-refractivity contribution in [2.24, 2.45) is 11.3 Å². The van der Waals surface area contributed by atoms with Gasteiger partial charge in [-0.25, -0.2) is 0 Å². The summed E-state index contributed by atoms with van der Waals surface area (Å²) in [5, 5.41) is 0. The number of rotatable bonds is 6. The maximum absolute atomic E-state index is 2.41. The van der Waals surface area contributed by atoms with Crippen LogP contribution in [0.4, 0.5) is 0 Å². The molecule has 0 aromatic heterocycles. The van der Waals surface area contributed by atoms with Gasteiger partial charge in [0, 0.05) is 0 Å². The van der Waals surface area contributed by atoms with Crippen molar-refractivity contribution in [3.05, 3.63) is 34.9 Å². The van der Waals surface area contributed by atoms with Crippen LogP contribution < -0.4 is 0 Å². The molecule has 0 aromatic rings. The van der Waals surface area contributed by atoms with E-state index in [2.05, 4.69) is 73.6 Å². The highest BCUT2D eigenvalue weighted by atomic mass is 14.2. The van der Waals surface area contributed by atoms with E-state index in [1.165, 1.54) is 23.1 Å². The molecule has 0 aliphatic carbocycles.